The molecule has 6 nitrogen and oxygen atoms in total. The molecule has 2 saturated heterocycles. The highest BCUT2D eigenvalue weighted by atomic mass is 16.3. The monoisotopic (exact) mass is 403 g/mol. The summed E-state index contributed by atoms with van der Waals surface area (Å²) >= 11 is 0. The second-order valence-corrected chi connectivity index (χ2v) is 10.4. The molecule has 0 radical (unpaired) electrons. The van der Waals surface area contributed by atoms with Gasteiger partial charge in [0.2, 0.25) is 5.91 Å². The quantitative estimate of drug-likeness (QED) is 0.753. The molecule has 2 amide bonds. The Kier molecular flexibility index (Phi) is 5.35. The van der Waals surface area contributed by atoms with Crippen LogP contribution in [0.25, 0.3) is 0 Å². The van der Waals surface area contributed by atoms with Crippen molar-refractivity contribution in [3.63, 3.8) is 0 Å². The number of rotatable bonds is 3. The Morgan fingerprint density at radius 3 is 2.21 bits per heavy atom. The third-order valence-electron chi connectivity index (χ3n) is 8.70. The van der Waals surface area contributed by atoms with Crippen LogP contribution in [-0.2, 0) is 9.59 Å². The molecule has 2 aliphatic heterocycles. The smallest absolute Gasteiger partial charge is 0.254 e. The van der Waals surface area contributed by atoms with Gasteiger partial charge in [0.15, 0.2) is 0 Å². The van der Waals surface area contributed by atoms with Gasteiger partial charge < -0.3 is 20.2 Å². The Morgan fingerprint density at radius 2 is 1.52 bits per heavy atom. The van der Waals surface area contributed by atoms with E-state index in [9.17, 15) is 14.7 Å². The zero-order valence-electron chi connectivity index (χ0n) is 17.7. The van der Waals surface area contributed by atoms with Gasteiger partial charge in [-0.3, -0.25) is 9.59 Å². The summed E-state index contributed by atoms with van der Waals surface area (Å²) in [7, 11) is 0. The number of carbonyl (C=O) groups excluding carboxylic acids is 2. The first-order chi connectivity index (χ1) is 14.0. The summed E-state index contributed by atoms with van der Waals surface area (Å²) in [6, 6.07) is 0.690. The van der Waals surface area contributed by atoms with Crippen molar-refractivity contribution in [2.45, 2.75) is 75.9 Å². The van der Waals surface area contributed by atoms with E-state index in [-0.39, 0.29) is 11.8 Å². The van der Waals surface area contributed by atoms with Crippen molar-refractivity contribution in [1.82, 2.24) is 15.1 Å². The maximum absolute atomic E-state index is 13.1. The van der Waals surface area contributed by atoms with Gasteiger partial charge in [-0.25, -0.2) is 0 Å². The van der Waals surface area contributed by atoms with Gasteiger partial charge in [-0.15, -0.1) is 0 Å². The Labute approximate surface area is 174 Å². The molecule has 0 bridgehead atoms. The van der Waals surface area contributed by atoms with Crippen molar-refractivity contribution < 1.29 is 14.7 Å². The highest BCUT2D eigenvalue weighted by Gasteiger charge is 2.50. The molecule has 5 fully saturated rings. The molecule has 5 aliphatic rings. The van der Waals surface area contributed by atoms with Crippen molar-refractivity contribution in [1.29, 1.82) is 0 Å². The molecule has 162 valence electrons. The van der Waals surface area contributed by atoms with E-state index in [2.05, 4.69) is 5.32 Å². The second-order valence-electron chi connectivity index (χ2n) is 10.4. The first-order valence-electron chi connectivity index (χ1n) is 12.1. The highest BCUT2D eigenvalue weighted by Crippen LogP contribution is 2.44. The highest BCUT2D eigenvalue weighted by molar-refractivity contribution is 5.88. The fourth-order valence-electron chi connectivity index (χ4n) is 6.74. The normalized spacial score (nSPS) is 39.1. The van der Waals surface area contributed by atoms with E-state index in [1.165, 1.54) is 45.1 Å². The first kappa shape index (κ1) is 19.8. The number of aliphatic hydroxyl groups is 1. The lowest BCUT2D eigenvalue weighted by molar-refractivity contribution is -0.148. The minimum absolute atomic E-state index is 0.129. The van der Waals surface area contributed by atoms with Gasteiger partial charge in [0.25, 0.3) is 5.91 Å². The maximum Gasteiger partial charge on any atom is 0.254 e. The average Bonchev–Trinajstić information content (AvgIpc) is 3.33. The van der Waals surface area contributed by atoms with Gasteiger partial charge in [0.05, 0.1) is 0 Å². The standard InChI is InChI=1S/C23H37N3O3/c27-21(25-12-14-26(15-13-25)22(28)23(29)9-10-23)18-6-4-17(5-7-18)20-19-3-1-2-16(19)8-11-24-20/h16-20,24,29H,1-15H2. The molecule has 2 heterocycles. The number of nitrogens with zero attached hydrogens (tertiary/aromatic N) is 2. The van der Waals surface area contributed by atoms with Gasteiger partial charge >= 0.3 is 0 Å². The number of carbonyl (C=O) groups is 2. The van der Waals surface area contributed by atoms with E-state index in [1.54, 1.807) is 4.90 Å². The summed E-state index contributed by atoms with van der Waals surface area (Å²) in [6.07, 6.45) is 11.2. The van der Waals surface area contributed by atoms with E-state index >= 15 is 0 Å². The maximum atomic E-state index is 13.1. The van der Waals surface area contributed by atoms with Gasteiger partial charge in [-0.2, -0.15) is 0 Å². The third kappa shape index (κ3) is 3.83. The van der Waals surface area contributed by atoms with Crippen molar-refractivity contribution >= 4 is 11.8 Å². The van der Waals surface area contributed by atoms with Crippen LogP contribution in [0.4, 0.5) is 0 Å². The van der Waals surface area contributed by atoms with Gasteiger partial charge in [-0.1, -0.05) is 12.8 Å². The molecular weight excluding hydrogens is 366 g/mol. The predicted octanol–water partition coefficient (Wildman–Crippen LogP) is 1.77. The van der Waals surface area contributed by atoms with Gasteiger partial charge in [0, 0.05) is 38.1 Å². The molecule has 0 aromatic carbocycles. The summed E-state index contributed by atoms with van der Waals surface area (Å²) < 4.78 is 0. The Hall–Kier alpha value is -1.14. The lowest BCUT2D eigenvalue weighted by Crippen LogP contribution is -2.55. The largest absolute Gasteiger partial charge is 0.380 e. The number of hydrogen-bond donors (Lipinski definition) is 2. The van der Waals surface area contributed by atoms with Crippen LogP contribution >= 0.6 is 0 Å². The third-order valence-corrected chi connectivity index (χ3v) is 8.70. The summed E-state index contributed by atoms with van der Waals surface area (Å²) in [5, 5.41) is 13.9. The first-order valence-corrected chi connectivity index (χ1v) is 12.1. The molecule has 29 heavy (non-hydrogen) atoms. The van der Waals surface area contributed by atoms with Crippen LogP contribution < -0.4 is 5.32 Å². The number of nitrogens with one attached hydrogen (secondary N) is 1. The van der Waals surface area contributed by atoms with Crippen LogP contribution in [0.5, 0.6) is 0 Å². The van der Waals surface area contributed by atoms with Crippen LogP contribution in [0.15, 0.2) is 0 Å². The van der Waals surface area contributed by atoms with E-state index in [0.717, 1.165) is 30.6 Å². The number of piperazine rings is 1. The average molecular weight is 404 g/mol. The fourth-order valence-corrected chi connectivity index (χ4v) is 6.74. The zero-order valence-corrected chi connectivity index (χ0v) is 17.7. The zero-order chi connectivity index (χ0) is 20.0. The van der Waals surface area contributed by atoms with Crippen molar-refractivity contribution in [3.05, 3.63) is 0 Å². The SMILES string of the molecule is O=C(C1CCC(C2NCCC3CCCC32)CC1)N1CCN(C(=O)C2(O)CC2)CC1. The van der Waals surface area contributed by atoms with E-state index in [4.69, 9.17) is 0 Å². The minimum Gasteiger partial charge on any atom is -0.380 e. The molecule has 0 spiro atoms. The summed E-state index contributed by atoms with van der Waals surface area (Å²) in [5.74, 6) is 2.93. The van der Waals surface area contributed by atoms with Crippen molar-refractivity contribution in [3.8, 4) is 0 Å². The number of piperidine rings is 1. The molecule has 3 unspecified atom stereocenters. The van der Waals surface area contributed by atoms with Crippen LogP contribution in [0.3, 0.4) is 0 Å². The van der Waals surface area contributed by atoms with Crippen LogP contribution in [-0.4, -0.2) is 71.1 Å². The lowest BCUT2D eigenvalue weighted by atomic mass is 9.70. The van der Waals surface area contributed by atoms with Gasteiger partial charge in [0.1, 0.15) is 5.60 Å². The molecule has 3 atom stereocenters. The van der Waals surface area contributed by atoms with E-state index < -0.39 is 5.60 Å². The summed E-state index contributed by atoms with van der Waals surface area (Å²) in [4.78, 5) is 29.1. The molecule has 6 heteroatoms. The molecule has 0 aromatic rings. The Bertz CT molecular complexity index is 633. The molecule has 3 saturated carbocycles. The van der Waals surface area contributed by atoms with Crippen LogP contribution in [0.2, 0.25) is 0 Å². The molecule has 0 aromatic heterocycles. The fraction of sp³-hybridized carbons (Fsp3) is 0.913. The Morgan fingerprint density at radius 1 is 0.828 bits per heavy atom. The number of amides is 2. The summed E-state index contributed by atoms with van der Waals surface area (Å²) in [6.45, 7) is 3.56. The minimum atomic E-state index is -1.09. The molecule has 2 N–H and O–H groups in total. The van der Waals surface area contributed by atoms with E-state index in [0.29, 0.717) is 51.0 Å². The lowest BCUT2D eigenvalue weighted by Gasteiger charge is -2.43. The number of fused-ring (bicyclic) bond motifs is 1. The van der Waals surface area contributed by atoms with Crippen molar-refractivity contribution in [2.75, 3.05) is 32.7 Å². The van der Waals surface area contributed by atoms with Gasteiger partial charge in [-0.05, 0) is 75.7 Å². The number of hydrogen-bond acceptors (Lipinski definition) is 4. The second kappa shape index (κ2) is 7.84. The summed E-state index contributed by atoms with van der Waals surface area (Å²) in [5.41, 5.74) is -1.09. The van der Waals surface area contributed by atoms with Crippen LogP contribution in [0.1, 0.15) is 64.2 Å². The predicted molar refractivity (Wildman–Crippen MR) is 110 cm³/mol. The Balaban J connectivity index is 1.10. The van der Waals surface area contributed by atoms with Crippen LogP contribution in [0, 0.1) is 23.7 Å². The van der Waals surface area contributed by atoms with E-state index in [1.807, 2.05) is 4.90 Å². The molecule has 3 aliphatic carbocycles. The van der Waals surface area contributed by atoms with Crippen molar-refractivity contribution in [2.24, 2.45) is 23.7 Å². The topological polar surface area (TPSA) is 72.9 Å². The molecule has 5 rings (SSSR count). The molecular formula is C23H37N3O3.